The zero-order valence-corrected chi connectivity index (χ0v) is 9.39. The SMILES string of the molecule is CCS(=O)(=O)/C=C/c1c(C)coc1C. The number of sulfone groups is 1. The number of hydrogen-bond acceptors (Lipinski definition) is 3. The number of furan rings is 1. The van der Waals surface area contributed by atoms with Crippen molar-refractivity contribution in [3.8, 4) is 0 Å². The molecule has 0 aromatic carbocycles. The smallest absolute Gasteiger partial charge is 0.171 e. The average molecular weight is 214 g/mol. The van der Waals surface area contributed by atoms with Crippen LogP contribution in [-0.4, -0.2) is 14.2 Å². The average Bonchev–Trinajstić information content (AvgIpc) is 2.44. The van der Waals surface area contributed by atoms with E-state index in [1.807, 2.05) is 13.8 Å². The Labute approximate surface area is 84.4 Å². The molecule has 0 radical (unpaired) electrons. The first kappa shape index (κ1) is 11.0. The molecule has 1 aromatic rings. The number of hydrogen-bond donors (Lipinski definition) is 0. The van der Waals surface area contributed by atoms with E-state index in [4.69, 9.17) is 4.42 Å². The summed E-state index contributed by atoms with van der Waals surface area (Å²) in [5.74, 6) is 0.865. The van der Waals surface area contributed by atoms with Gasteiger partial charge in [-0.15, -0.1) is 0 Å². The molecule has 0 N–H and O–H groups in total. The van der Waals surface area contributed by atoms with Crippen molar-refractivity contribution in [1.29, 1.82) is 0 Å². The van der Waals surface area contributed by atoms with Gasteiger partial charge in [-0.2, -0.15) is 0 Å². The molecule has 4 heteroatoms. The second-order valence-corrected chi connectivity index (χ2v) is 5.32. The Balaban J connectivity index is 3.00. The molecule has 3 nitrogen and oxygen atoms in total. The third-order valence-electron chi connectivity index (χ3n) is 2.06. The molecule has 14 heavy (non-hydrogen) atoms. The second-order valence-electron chi connectivity index (χ2n) is 3.14. The van der Waals surface area contributed by atoms with Crippen LogP contribution in [0.3, 0.4) is 0 Å². The van der Waals surface area contributed by atoms with Crippen molar-refractivity contribution in [2.75, 3.05) is 5.75 Å². The maximum atomic E-state index is 11.2. The highest BCUT2D eigenvalue weighted by molar-refractivity contribution is 7.94. The Kier molecular flexibility index (Phi) is 3.16. The zero-order chi connectivity index (χ0) is 10.8. The van der Waals surface area contributed by atoms with Crippen molar-refractivity contribution in [3.63, 3.8) is 0 Å². The van der Waals surface area contributed by atoms with Gasteiger partial charge in [0.1, 0.15) is 5.76 Å². The van der Waals surface area contributed by atoms with Gasteiger partial charge in [-0.3, -0.25) is 0 Å². The number of rotatable bonds is 3. The van der Waals surface area contributed by atoms with Gasteiger partial charge < -0.3 is 4.42 Å². The molecule has 0 bridgehead atoms. The predicted octanol–water partition coefficient (Wildman–Crippen LogP) is 2.30. The largest absolute Gasteiger partial charge is 0.469 e. The first-order chi connectivity index (χ1) is 6.46. The van der Waals surface area contributed by atoms with Gasteiger partial charge in [-0.1, -0.05) is 6.92 Å². The quantitative estimate of drug-likeness (QED) is 0.775. The summed E-state index contributed by atoms with van der Waals surface area (Å²) in [6, 6.07) is 0. The first-order valence-corrected chi connectivity index (χ1v) is 6.13. The van der Waals surface area contributed by atoms with Crippen molar-refractivity contribution in [1.82, 2.24) is 0 Å². The Morgan fingerprint density at radius 3 is 2.50 bits per heavy atom. The van der Waals surface area contributed by atoms with Gasteiger partial charge in [-0.25, -0.2) is 8.42 Å². The Morgan fingerprint density at radius 1 is 1.43 bits per heavy atom. The topological polar surface area (TPSA) is 47.3 Å². The van der Waals surface area contributed by atoms with Gasteiger partial charge in [0.15, 0.2) is 9.84 Å². The van der Waals surface area contributed by atoms with E-state index in [-0.39, 0.29) is 5.75 Å². The highest BCUT2D eigenvalue weighted by Gasteiger charge is 2.05. The van der Waals surface area contributed by atoms with Crippen LogP contribution in [0.5, 0.6) is 0 Å². The molecule has 1 heterocycles. The molecule has 0 aliphatic carbocycles. The van der Waals surface area contributed by atoms with Crippen molar-refractivity contribution < 1.29 is 12.8 Å². The molecule has 0 atom stereocenters. The normalized spacial score (nSPS) is 12.5. The van der Waals surface area contributed by atoms with Crippen LogP contribution in [0.2, 0.25) is 0 Å². The monoisotopic (exact) mass is 214 g/mol. The van der Waals surface area contributed by atoms with E-state index in [0.29, 0.717) is 0 Å². The fraction of sp³-hybridized carbons (Fsp3) is 0.400. The van der Waals surface area contributed by atoms with E-state index in [9.17, 15) is 8.42 Å². The molecule has 0 aliphatic rings. The standard InChI is InChI=1S/C10H14O3S/c1-4-14(11,12)6-5-10-8(2)7-13-9(10)3/h5-7H,4H2,1-3H3/b6-5+. The molecular weight excluding hydrogens is 200 g/mol. The van der Waals surface area contributed by atoms with E-state index in [1.165, 1.54) is 5.41 Å². The minimum absolute atomic E-state index is 0.124. The highest BCUT2D eigenvalue weighted by atomic mass is 32.2. The molecule has 0 unspecified atom stereocenters. The molecular formula is C10H14O3S. The Morgan fingerprint density at radius 2 is 2.07 bits per heavy atom. The minimum Gasteiger partial charge on any atom is -0.469 e. The van der Waals surface area contributed by atoms with Crippen molar-refractivity contribution in [3.05, 3.63) is 28.6 Å². The summed E-state index contributed by atoms with van der Waals surface area (Å²) >= 11 is 0. The van der Waals surface area contributed by atoms with E-state index < -0.39 is 9.84 Å². The summed E-state index contributed by atoms with van der Waals surface area (Å²) in [5.41, 5.74) is 1.80. The van der Waals surface area contributed by atoms with Gasteiger partial charge in [0.25, 0.3) is 0 Å². The van der Waals surface area contributed by atoms with Crippen molar-refractivity contribution >= 4 is 15.9 Å². The van der Waals surface area contributed by atoms with Crippen molar-refractivity contribution in [2.45, 2.75) is 20.8 Å². The Bertz CT molecular complexity index is 418. The maximum absolute atomic E-state index is 11.2. The van der Waals surface area contributed by atoms with E-state index in [2.05, 4.69) is 0 Å². The van der Waals surface area contributed by atoms with Crippen LogP contribution in [-0.2, 0) is 9.84 Å². The van der Waals surface area contributed by atoms with E-state index >= 15 is 0 Å². The fourth-order valence-corrected chi connectivity index (χ4v) is 1.63. The summed E-state index contributed by atoms with van der Waals surface area (Å²) < 4.78 is 27.5. The van der Waals surface area contributed by atoms with Crippen LogP contribution < -0.4 is 0 Å². The van der Waals surface area contributed by atoms with Crippen LogP contribution >= 0.6 is 0 Å². The molecule has 78 valence electrons. The lowest BCUT2D eigenvalue weighted by Gasteiger charge is -1.93. The molecule has 0 saturated heterocycles. The van der Waals surface area contributed by atoms with Crippen molar-refractivity contribution in [2.24, 2.45) is 0 Å². The van der Waals surface area contributed by atoms with Crippen LogP contribution in [0.1, 0.15) is 23.8 Å². The molecule has 0 spiro atoms. The molecule has 1 aromatic heterocycles. The molecule has 0 aliphatic heterocycles. The second kappa shape index (κ2) is 4.00. The maximum Gasteiger partial charge on any atom is 0.171 e. The zero-order valence-electron chi connectivity index (χ0n) is 8.57. The summed E-state index contributed by atoms with van der Waals surface area (Å²) in [4.78, 5) is 0. The molecule has 0 amide bonds. The van der Waals surface area contributed by atoms with Gasteiger partial charge in [-0.05, 0) is 25.5 Å². The van der Waals surface area contributed by atoms with Gasteiger partial charge in [0, 0.05) is 11.0 Å². The Hall–Kier alpha value is -1.03. The van der Waals surface area contributed by atoms with E-state index in [1.54, 1.807) is 19.3 Å². The lowest BCUT2D eigenvalue weighted by atomic mass is 10.2. The summed E-state index contributed by atoms with van der Waals surface area (Å²) in [7, 11) is -3.05. The predicted molar refractivity (Wildman–Crippen MR) is 56.7 cm³/mol. The highest BCUT2D eigenvalue weighted by Crippen LogP contribution is 2.17. The third kappa shape index (κ3) is 2.48. The molecule has 1 rings (SSSR count). The third-order valence-corrected chi connectivity index (χ3v) is 3.42. The van der Waals surface area contributed by atoms with Crippen LogP contribution in [0.25, 0.3) is 6.08 Å². The van der Waals surface area contributed by atoms with E-state index in [0.717, 1.165) is 16.9 Å². The van der Waals surface area contributed by atoms with Gasteiger partial charge >= 0.3 is 0 Å². The summed E-state index contributed by atoms with van der Waals surface area (Å²) in [5, 5.41) is 1.23. The lowest BCUT2D eigenvalue weighted by Crippen LogP contribution is -1.96. The summed E-state index contributed by atoms with van der Waals surface area (Å²) in [6.07, 6.45) is 3.21. The van der Waals surface area contributed by atoms with Crippen LogP contribution in [0.4, 0.5) is 0 Å². The van der Waals surface area contributed by atoms with Crippen LogP contribution in [0.15, 0.2) is 16.1 Å². The first-order valence-electron chi connectivity index (χ1n) is 4.42. The van der Waals surface area contributed by atoms with Gasteiger partial charge in [0.05, 0.1) is 12.0 Å². The van der Waals surface area contributed by atoms with Crippen LogP contribution in [0, 0.1) is 13.8 Å². The van der Waals surface area contributed by atoms with Gasteiger partial charge in [0.2, 0.25) is 0 Å². The molecule has 0 saturated carbocycles. The molecule has 0 fully saturated rings. The lowest BCUT2D eigenvalue weighted by molar-refractivity contribution is 0.532. The number of aryl methyl sites for hydroxylation is 2. The fourth-order valence-electron chi connectivity index (χ4n) is 1.10. The minimum atomic E-state index is -3.05. The summed E-state index contributed by atoms with van der Waals surface area (Å²) in [6.45, 7) is 5.31.